The summed E-state index contributed by atoms with van der Waals surface area (Å²) in [6, 6.07) is 0. The lowest BCUT2D eigenvalue weighted by atomic mass is 10.1. The Morgan fingerprint density at radius 1 is 1.36 bits per heavy atom. The molecule has 1 nitrogen and oxygen atoms in total. The van der Waals surface area contributed by atoms with E-state index in [0.29, 0.717) is 5.41 Å². The zero-order valence-corrected chi connectivity index (χ0v) is 8.58. The molecule has 0 radical (unpaired) electrons. The largest absolute Gasteiger partial charge is 0.330 e. The zero-order valence-electron chi connectivity index (χ0n) is 7.76. The van der Waals surface area contributed by atoms with Gasteiger partial charge < -0.3 is 5.73 Å². The van der Waals surface area contributed by atoms with Gasteiger partial charge in [-0.15, -0.1) is 0 Å². The smallest absolute Gasteiger partial charge is 0.00408 e. The molecule has 2 heteroatoms. The van der Waals surface area contributed by atoms with Crippen molar-refractivity contribution in [3.8, 4) is 0 Å². The van der Waals surface area contributed by atoms with Gasteiger partial charge in [0.25, 0.3) is 0 Å². The van der Waals surface area contributed by atoms with Gasteiger partial charge in [0.1, 0.15) is 0 Å². The number of hydrogen-bond acceptors (Lipinski definition) is 2. The van der Waals surface area contributed by atoms with Crippen LogP contribution in [0.1, 0.15) is 20.3 Å². The van der Waals surface area contributed by atoms with E-state index in [2.05, 4.69) is 20.1 Å². The fourth-order valence-electron chi connectivity index (χ4n) is 2.14. The van der Waals surface area contributed by atoms with E-state index in [0.717, 1.165) is 18.4 Å². The SMILES string of the molecule is CSCC[C@H]1[C@H](CN)C1(C)C. The lowest BCUT2D eigenvalue weighted by molar-refractivity contribution is 0.533. The number of thioether (sulfide) groups is 1. The van der Waals surface area contributed by atoms with Crippen LogP contribution in [0.4, 0.5) is 0 Å². The predicted molar refractivity (Wildman–Crippen MR) is 52.8 cm³/mol. The normalized spacial score (nSPS) is 33.8. The van der Waals surface area contributed by atoms with E-state index in [1.165, 1.54) is 12.2 Å². The average Bonchev–Trinajstić information content (AvgIpc) is 2.48. The molecule has 0 spiro atoms. The number of nitrogens with two attached hydrogens (primary N) is 1. The van der Waals surface area contributed by atoms with Crippen molar-refractivity contribution in [3.05, 3.63) is 0 Å². The molecule has 0 aromatic rings. The molecule has 1 saturated carbocycles. The van der Waals surface area contributed by atoms with Crippen LogP contribution in [0.15, 0.2) is 0 Å². The van der Waals surface area contributed by atoms with Crippen molar-refractivity contribution in [3.63, 3.8) is 0 Å². The second-order valence-corrected chi connectivity index (χ2v) is 5.04. The molecule has 1 aliphatic carbocycles. The molecule has 0 bridgehead atoms. The second-order valence-electron chi connectivity index (χ2n) is 4.05. The minimum Gasteiger partial charge on any atom is -0.330 e. The summed E-state index contributed by atoms with van der Waals surface area (Å²) in [6.45, 7) is 5.57. The zero-order chi connectivity index (χ0) is 8.48. The predicted octanol–water partition coefficient (Wildman–Crippen LogP) is 1.97. The Morgan fingerprint density at radius 3 is 2.36 bits per heavy atom. The Balaban J connectivity index is 2.28. The van der Waals surface area contributed by atoms with Gasteiger partial charge in [-0.2, -0.15) is 11.8 Å². The van der Waals surface area contributed by atoms with Crippen molar-refractivity contribution in [1.82, 2.24) is 0 Å². The van der Waals surface area contributed by atoms with Gasteiger partial charge in [-0.3, -0.25) is 0 Å². The van der Waals surface area contributed by atoms with Gasteiger partial charge in [-0.25, -0.2) is 0 Å². The molecule has 1 fully saturated rings. The van der Waals surface area contributed by atoms with Gasteiger partial charge in [-0.05, 0) is 42.2 Å². The van der Waals surface area contributed by atoms with Gasteiger partial charge in [0.15, 0.2) is 0 Å². The van der Waals surface area contributed by atoms with E-state index in [1.807, 2.05) is 11.8 Å². The second kappa shape index (κ2) is 3.36. The molecule has 0 aromatic carbocycles. The van der Waals surface area contributed by atoms with Crippen LogP contribution in [-0.4, -0.2) is 18.6 Å². The minimum atomic E-state index is 0.546. The Bertz CT molecular complexity index is 134. The molecule has 0 saturated heterocycles. The van der Waals surface area contributed by atoms with E-state index < -0.39 is 0 Å². The summed E-state index contributed by atoms with van der Waals surface area (Å²) < 4.78 is 0. The van der Waals surface area contributed by atoms with Crippen molar-refractivity contribution in [2.75, 3.05) is 18.6 Å². The Kier molecular flexibility index (Phi) is 2.87. The highest BCUT2D eigenvalue weighted by Crippen LogP contribution is 2.59. The molecule has 11 heavy (non-hydrogen) atoms. The summed E-state index contributed by atoms with van der Waals surface area (Å²) in [5.74, 6) is 3.00. The Hall–Kier alpha value is 0.310. The third kappa shape index (κ3) is 1.73. The maximum atomic E-state index is 5.66. The van der Waals surface area contributed by atoms with Crippen molar-refractivity contribution in [2.45, 2.75) is 20.3 Å². The lowest BCUT2D eigenvalue weighted by Gasteiger charge is -2.00. The fraction of sp³-hybridized carbons (Fsp3) is 1.00. The maximum Gasteiger partial charge on any atom is -0.00408 e. The molecule has 0 heterocycles. The molecule has 0 aromatic heterocycles. The van der Waals surface area contributed by atoms with Gasteiger partial charge in [-0.1, -0.05) is 13.8 Å². The Morgan fingerprint density at radius 2 is 2.00 bits per heavy atom. The van der Waals surface area contributed by atoms with E-state index >= 15 is 0 Å². The first kappa shape index (κ1) is 9.40. The first-order valence-electron chi connectivity index (χ1n) is 4.33. The topological polar surface area (TPSA) is 26.0 Å². The Labute approximate surface area is 74.1 Å². The maximum absolute atomic E-state index is 5.66. The van der Waals surface area contributed by atoms with Crippen molar-refractivity contribution in [1.29, 1.82) is 0 Å². The van der Waals surface area contributed by atoms with Crippen LogP contribution < -0.4 is 5.73 Å². The van der Waals surface area contributed by atoms with E-state index in [9.17, 15) is 0 Å². The van der Waals surface area contributed by atoms with Crippen LogP contribution in [0.25, 0.3) is 0 Å². The monoisotopic (exact) mass is 173 g/mol. The molecule has 2 N–H and O–H groups in total. The van der Waals surface area contributed by atoms with Crippen LogP contribution in [0, 0.1) is 17.3 Å². The highest BCUT2D eigenvalue weighted by Gasteiger charge is 2.55. The van der Waals surface area contributed by atoms with Gasteiger partial charge in [0.2, 0.25) is 0 Å². The van der Waals surface area contributed by atoms with Crippen LogP contribution in [-0.2, 0) is 0 Å². The quantitative estimate of drug-likeness (QED) is 0.703. The van der Waals surface area contributed by atoms with Crippen molar-refractivity contribution >= 4 is 11.8 Å². The van der Waals surface area contributed by atoms with E-state index in [-0.39, 0.29) is 0 Å². The molecule has 0 aliphatic heterocycles. The van der Waals surface area contributed by atoms with E-state index in [4.69, 9.17) is 5.73 Å². The standard InChI is InChI=1S/C9H19NS/c1-9(2)7(4-5-11-3)8(9)6-10/h7-8H,4-6,10H2,1-3H3/t7-,8-/m0/s1. The summed E-state index contributed by atoms with van der Waals surface area (Å²) in [7, 11) is 0. The summed E-state index contributed by atoms with van der Waals surface area (Å²) in [6.07, 6.45) is 3.53. The number of hydrogen-bond donors (Lipinski definition) is 1. The van der Waals surface area contributed by atoms with Crippen LogP contribution >= 0.6 is 11.8 Å². The van der Waals surface area contributed by atoms with Gasteiger partial charge >= 0.3 is 0 Å². The van der Waals surface area contributed by atoms with Crippen LogP contribution in [0.2, 0.25) is 0 Å². The summed E-state index contributed by atoms with van der Waals surface area (Å²) in [5, 5.41) is 0. The fourth-order valence-corrected chi connectivity index (χ4v) is 2.63. The molecule has 0 unspecified atom stereocenters. The van der Waals surface area contributed by atoms with Gasteiger partial charge in [0.05, 0.1) is 0 Å². The number of rotatable bonds is 4. The average molecular weight is 173 g/mol. The molecule has 66 valence electrons. The molecule has 2 atom stereocenters. The minimum absolute atomic E-state index is 0.546. The van der Waals surface area contributed by atoms with E-state index in [1.54, 1.807) is 0 Å². The third-order valence-corrected chi connectivity index (χ3v) is 3.82. The third-order valence-electron chi connectivity index (χ3n) is 3.17. The molecule has 1 rings (SSSR count). The molecular weight excluding hydrogens is 154 g/mol. The van der Waals surface area contributed by atoms with Crippen LogP contribution in [0.5, 0.6) is 0 Å². The summed E-state index contributed by atoms with van der Waals surface area (Å²) >= 11 is 1.94. The summed E-state index contributed by atoms with van der Waals surface area (Å²) in [5.41, 5.74) is 6.21. The van der Waals surface area contributed by atoms with Crippen molar-refractivity contribution < 1.29 is 0 Å². The van der Waals surface area contributed by atoms with Gasteiger partial charge in [0, 0.05) is 0 Å². The highest BCUT2D eigenvalue weighted by atomic mass is 32.2. The first-order chi connectivity index (χ1) is 5.14. The first-order valence-corrected chi connectivity index (χ1v) is 5.73. The van der Waals surface area contributed by atoms with Crippen LogP contribution in [0.3, 0.4) is 0 Å². The molecule has 0 amide bonds. The molecule has 1 aliphatic rings. The van der Waals surface area contributed by atoms with Crippen molar-refractivity contribution in [2.24, 2.45) is 23.0 Å². The lowest BCUT2D eigenvalue weighted by Crippen LogP contribution is -2.05. The summed E-state index contributed by atoms with van der Waals surface area (Å²) in [4.78, 5) is 0. The molecular formula is C9H19NS. The highest BCUT2D eigenvalue weighted by molar-refractivity contribution is 7.98.